The molecule has 0 spiro atoms. The fourth-order valence-electron chi connectivity index (χ4n) is 4.59. The lowest BCUT2D eigenvalue weighted by molar-refractivity contribution is -0.133. The van der Waals surface area contributed by atoms with Crippen LogP contribution in [0, 0.1) is 0 Å². The van der Waals surface area contributed by atoms with E-state index < -0.39 is 6.10 Å². The second-order valence-electron chi connectivity index (χ2n) is 8.81. The van der Waals surface area contributed by atoms with Gasteiger partial charge in [0.2, 0.25) is 0 Å². The summed E-state index contributed by atoms with van der Waals surface area (Å²) in [5.74, 6) is 1.33. The zero-order valence-electron chi connectivity index (χ0n) is 17.4. The number of hydrogen-bond donors (Lipinski definition) is 1. The van der Waals surface area contributed by atoms with Crippen molar-refractivity contribution in [3.63, 3.8) is 0 Å². The molecule has 29 heavy (non-hydrogen) atoms. The number of ether oxygens (including phenoxy) is 3. The van der Waals surface area contributed by atoms with Gasteiger partial charge in [-0.25, -0.2) is 0 Å². The largest absolute Gasteiger partial charge is 0.483 e. The molecule has 3 aliphatic rings. The number of amides is 1. The first-order valence-corrected chi connectivity index (χ1v) is 10.6. The topological polar surface area (TPSA) is 71.5 Å². The highest BCUT2D eigenvalue weighted by molar-refractivity contribution is 5.78. The third-order valence-corrected chi connectivity index (χ3v) is 6.11. The molecule has 7 nitrogen and oxygen atoms in total. The van der Waals surface area contributed by atoms with E-state index in [4.69, 9.17) is 14.2 Å². The van der Waals surface area contributed by atoms with E-state index in [1.54, 1.807) is 0 Å². The molecule has 0 saturated carbocycles. The summed E-state index contributed by atoms with van der Waals surface area (Å²) >= 11 is 0. The van der Waals surface area contributed by atoms with Crippen LogP contribution in [-0.4, -0.2) is 84.6 Å². The van der Waals surface area contributed by atoms with Gasteiger partial charge in [0.15, 0.2) is 18.1 Å². The first kappa shape index (κ1) is 20.4. The summed E-state index contributed by atoms with van der Waals surface area (Å²) in [7, 11) is 0. The van der Waals surface area contributed by atoms with Crippen LogP contribution < -0.4 is 9.47 Å². The Morgan fingerprint density at radius 2 is 1.97 bits per heavy atom. The summed E-state index contributed by atoms with van der Waals surface area (Å²) in [5, 5.41) is 10.6. The van der Waals surface area contributed by atoms with E-state index in [0.29, 0.717) is 38.5 Å². The van der Waals surface area contributed by atoms with Crippen molar-refractivity contribution >= 4 is 5.91 Å². The van der Waals surface area contributed by atoms with Crippen molar-refractivity contribution in [3.8, 4) is 11.5 Å². The fraction of sp³-hybridized carbons (Fsp3) is 0.682. The second-order valence-corrected chi connectivity index (χ2v) is 8.81. The number of hydrogen-bond acceptors (Lipinski definition) is 6. The van der Waals surface area contributed by atoms with Gasteiger partial charge in [-0.05, 0) is 32.8 Å². The van der Waals surface area contributed by atoms with Crippen LogP contribution in [0.1, 0.15) is 32.3 Å². The lowest BCUT2D eigenvalue weighted by Gasteiger charge is -2.36. The molecule has 2 saturated heterocycles. The van der Waals surface area contributed by atoms with Crippen molar-refractivity contribution in [1.82, 2.24) is 9.80 Å². The third-order valence-electron chi connectivity index (χ3n) is 6.11. The lowest BCUT2D eigenvalue weighted by atomic mass is 10.0. The van der Waals surface area contributed by atoms with Crippen molar-refractivity contribution in [2.24, 2.45) is 0 Å². The molecule has 0 aliphatic carbocycles. The van der Waals surface area contributed by atoms with Crippen molar-refractivity contribution in [2.45, 2.75) is 50.9 Å². The van der Waals surface area contributed by atoms with Gasteiger partial charge in [0.1, 0.15) is 5.60 Å². The molecule has 160 valence electrons. The maximum Gasteiger partial charge on any atom is 0.260 e. The van der Waals surface area contributed by atoms with E-state index in [1.165, 1.54) is 0 Å². The quantitative estimate of drug-likeness (QED) is 0.819. The average Bonchev–Trinajstić information content (AvgIpc) is 2.90. The smallest absolute Gasteiger partial charge is 0.260 e. The van der Waals surface area contributed by atoms with Crippen molar-refractivity contribution in [1.29, 1.82) is 0 Å². The molecule has 0 unspecified atom stereocenters. The molecule has 1 amide bonds. The number of fused-ring (bicyclic) bond motifs is 1. The SMILES string of the molecule is CC1(C)Cc2cccc(OCC(=O)N3CC[C@H](O)[C@@H](N4CCOCC4)CC3)c2O1. The number of carbonyl (C=O) groups excluding carboxylic acids is 1. The van der Waals surface area contributed by atoms with Gasteiger partial charge < -0.3 is 24.2 Å². The Bertz CT molecular complexity index is 732. The van der Waals surface area contributed by atoms with Gasteiger partial charge in [0.05, 0.1) is 19.3 Å². The monoisotopic (exact) mass is 404 g/mol. The van der Waals surface area contributed by atoms with Crippen molar-refractivity contribution in [3.05, 3.63) is 23.8 Å². The maximum atomic E-state index is 12.8. The Morgan fingerprint density at radius 3 is 2.76 bits per heavy atom. The predicted octanol–water partition coefficient (Wildman–Crippen LogP) is 1.46. The summed E-state index contributed by atoms with van der Waals surface area (Å²) in [6, 6.07) is 5.93. The zero-order valence-corrected chi connectivity index (χ0v) is 17.4. The van der Waals surface area contributed by atoms with Crippen LogP contribution in [0.25, 0.3) is 0 Å². The Balaban J connectivity index is 1.33. The third kappa shape index (κ3) is 4.68. The molecule has 2 fully saturated rings. The minimum atomic E-state index is -0.417. The summed E-state index contributed by atoms with van der Waals surface area (Å²) < 4.78 is 17.3. The molecule has 3 aliphatic heterocycles. The first-order chi connectivity index (χ1) is 13.9. The molecule has 2 atom stereocenters. The van der Waals surface area contributed by atoms with Crippen LogP contribution in [0.4, 0.5) is 0 Å². The summed E-state index contributed by atoms with van der Waals surface area (Å²) in [6.45, 7) is 8.38. The summed E-state index contributed by atoms with van der Waals surface area (Å²) in [5.41, 5.74) is 0.868. The molecule has 7 heteroatoms. The van der Waals surface area contributed by atoms with E-state index in [9.17, 15) is 9.90 Å². The molecule has 4 rings (SSSR count). The molecule has 1 N–H and O–H groups in total. The van der Waals surface area contributed by atoms with E-state index >= 15 is 0 Å². The highest BCUT2D eigenvalue weighted by Gasteiger charge is 2.34. The molecule has 1 aromatic rings. The van der Waals surface area contributed by atoms with E-state index in [1.807, 2.05) is 23.1 Å². The van der Waals surface area contributed by atoms with Gasteiger partial charge in [-0.3, -0.25) is 9.69 Å². The van der Waals surface area contributed by atoms with E-state index in [-0.39, 0.29) is 24.2 Å². The van der Waals surface area contributed by atoms with Crippen LogP contribution in [0.3, 0.4) is 0 Å². The fourth-order valence-corrected chi connectivity index (χ4v) is 4.59. The number of morpholine rings is 1. The van der Waals surface area contributed by atoms with Crippen LogP contribution in [0.2, 0.25) is 0 Å². The summed E-state index contributed by atoms with van der Waals surface area (Å²) in [6.07, 6.45) is 1.77. The molecule has 0 radical (unpaired) electrons. The predicted molar refractivity (Wildman–Crippen MR) is 108 cm³/mol. The molecule has 0 aromatic heterocycles. The van der Waals surface area contributed by atoms with Gasteiger partial charge in [-0.15, -0.1) is 0 Å². The van der Waals surface area contributed by atoms with Gasteiger partial charge in [-0.2, -0.15) is 0 Å². The van der Waals surface area contributed by atoms with Gasteiger partial charge >= 0.3 is 0 Å². The van der Waals surface area contributed by atoms with Crippen LogP contribution in [0.5, 0.6) is 11.5 Å². The van der Waals surface area contributed by atoms with Crippen LogP contribution in [0.15, 0.2) is 18.2 Å². The second kappa shape index (κ2) is 8.50. The van der Waals surface area contributed by atoms with Crippen LogP contribution >= 0.6 is 0 Å². The number of para-hydroxylation sites is 1. The summed E-state index contributed by atoms with van der Waals surface area (Å²) in [4.78, 5) is 16.9. The number of rotatable bonds is 4. The number of nitrogens with zero attached hydrogens (tertiary/aromatic N) is 2. The van der Waals surface area contributed by atoms with E-state index in [2.05, 4.69) is 18.7 Å². The molecular formula is C22H32N2O5. The minimum Gasteiger partial charge on any atom is -0.483 e. The highest BCUT2D eigenvalue weighted by Crippen LogP contribution is 2.41. The van der Waals surface area contributed by atoms with Crippen LogP contribution in [-0.2, 0) is 16.0 Å². The lowest BCUT2D eigenvalue weighted by Crippen LogP contribution is -2.49. The standard InChI is InChI=1S/C22H32N2O5/c1-22(2)14-16-4-3-5-19(21(16)29-22)28-15-20(26)24-8-6-17(18(25)7-9-24)23-10-12-27-13-11-23/h3-5,17-18,25H,6-15H2,1-2H3/t17-,18-/m0/s1. The first-order valence-electron chi connectivity index (χ1n) is 10.6. The molecule has 1 aromatic carbocycles. The average molecular weight is 405 g/mol. The van der Waals surface area contributed by atoms with Crippen molar-refractivity contribution < 1.29 is 24.1 Å². The Hall–Kier alpha value is -1.83. The number of benzene rings is 1. The molecular weight excluding hydrogens is 372 g/mol. The van der Waals surface area contributed by atoms with Gasteiger partial charge in [0.25, 0.3) is 5.91 Å². The number of carbonyl (C=O) groups is 1. The van der Waals surface area contributed by atoms with Gasteiger partial charge in [0, 0.05) is 44.2 Å². The number of aliphatic hydroxyl groups is 1. The van der Waals surface area contributed by atoms with E-state index in [0.717, 1.165) is 37.2 Å². The van der Waals surface area contributed by atoms with Gasteiger partial charge in [-0.1, -0.05) is 12.1 Å². The minimum absolute atomic E-state index is 0.0153. The Labute approximate surface area is 172 Å². The van der Waals surface area contributed by atoms with Crippen molar-refractivity contribution in [2.75, 3.05) is 46.0 Å². The highest BCUT2D eigenvalue weighted by atomic mass is 16.5. The molecule has 3 heterocycles. The molecule has 0 bridgehead atoms. The zero-order chi connectivity index (χ0) is 20.4. The Kier molecular flexibility index (Phi) is 5.99. The normalized spacial score (nSPS) is 27.1. The number of likely N-dealkylation sites (tertiary alicyclic amines) is 1. The Morgan fingerprint density at radius 1 is 1.21 bits per heavy atom. The number of aliphatic hydroxyl groups excluding tert-OH is 1. The maximum absolute atomic E-state index is 12.8.